The standard InChI is InChI=1S/C18H27N5O4S/c1-11-5-3-6-13(12(11)2)21-18(28)23-22-16(25)10-19-15(24)9-20-17(26)14-7-4-8-27-14/h4,7-8,11-13H,3,5-6,9-10H2,1-2H3,(H,19,24)(H,20,26)(H,22,25)(H2,21,23,28)/t11-,12+,13-/m0/s1. The molecular weight excluding hydrogens is 382 g/mol. The lowest BCUT2D eigenvalue weighted by Crippen LogP contribution is -2.54. The first-order valence-corrected chi connectivity index (χ1v) is 9.71. The zero-order valence-corrected chi connectivity index (χ0v) is 16.9. The summed E-state index contributed by atoms with van der Waals surface area (Å²) in [6.07, 6.45) is 4.78. The SMILES string of the molecule is C[C@H]1[C@@H](NC(=S)NNC(=O)CNC(=O)CNC(=O)c2ccco2)CCC[C@@H]1C. The molecule has 0 aromatic carbocycles. The molecule has 1 saturated carbocycles. The average molecular weight is 410 g/mol. The van der Waals surface area contributed by atoms with Gasteiger partial charge < -0.3 is 20.4 Å². The maximum absolute atomic E-state index is 11.8. The molecular formula is C18H27N5O4S. The molecule has 28 heavy (non-hydrogen) atoms. The molecule has 1 heterocycles. The van der Waals surface area contributed by atoms with E-state index in [1.165, 1.54) is 18.8 Å². The van der Waals surface area contributed by atoms with Crippen molar-refractivity contribution < 1.29 is 18.8 Å². The summed E-state index contributed by atoms with van der Waals surface area (Å²) < 4.78 is 4.91. The highest BCUT2D eigenvalue weighted by Crippen LogP contribution is 2.29. The molecule has 2 rings (SSSR count). The van der Waals surface area contributed by atoms with Crippen LogP contribution in [0.1, 0.15) is 43.7 Å². The number of thiocarbonyl (C=S) groups is 1. The van der Waals surface area contributed by atoms with Gasteiger partial charge in [-0.05, 0) is 42.6 Å². The van der Waals surface area contributed by atoms with Crippen molar-refractivity contribution in [3.63, 3.8) is 0 Å². The van der Waals surface area contributed by atoms with Crippen LogP contribution in [-0.2, 0) is 9.59 Å². The van der Waals surface area contributed by atoms with Gasteiger partial charge in [-0.25, -0.2) is 0 Å². The van der Waals surface area contributed by atoms with Crippen molar-refractivity contribution in [3.8, 4) is 0 Å². The number of carbonyl (C=O) groups excluding carboxylic acids is 3. The minimum absolute atomic E-state index is 0.109. The molecule has 9 nitrogen and oxygen atoms in total. The topological polar surface area (TPSA) is 124 Å². The maximum atomic E-state index is 11.8. The Balaban J connectivity index is 1.59. The lowest BCUT2D eigenvalue weighted by molar-refractivity contribution is -0.125. The zero-order valence-electron chi connectivity index (χ0n) is 16.0. The summed E-state index contributed by atoms with van der Waals surface area (Å²) in [5.74, 6) is -0.223. The van der Waals surface area contributed by atoms with E-state index in [1.54, 1.807) is 6.07 Å². The minimum Gasteiger partial charge on any atom is -0.459 e. The molecule has 1 aliphatic carbocycles. The smallest absolute Gasteiger partial charge is 0.287 e. The van der Waals surface area contributed by atoms with Crippen LogP contribution in [0.15, 0.2) is 22.8 Å². The Morgan fingerprint density at radius 3 is 2.57 bits per heavy atom. The van der Waals surface area contributed by atoms with Crippen LogP contribution in [-0.4, -0.2) is 42.0 Å². The number of amides is 3. The second-order valence-corrected chi connectivity index (χ2v) is 7.37. The van der Waals surface area contributed by atoms with Crippen LogP contribution in [0.2, 0.25) is 0 Å². The quantitative estimate of drug-likeness (QED) is 0.341. The summed E-state index contributed by atoms with van der Waals surface area (Å²) in [4.78, 5) is 35.1. The highest BCUT2D eigenvalue weighted by Gasteiger charge is 2.27. The van der Waals surface area contributed by atoms with Gasteiger partial charge >= 0.3 is 0 Å². The molecule has 154 valence electrons. The molecule has 0 bridgehead atoms. The Morgan fingerprint density at radius 1 is 1.11 bits per heavy atom. The molecule has 10 heteroatoms. The largest absolute Gasteiger partial charge is 0.459 e. The molecule has 1 aliphatic rings. The van der Waals surface area contributed by atoms with E-state index in [0.717, 1.165) is 12.8 Å². The number of rotatable bonds is 6. The number of hydrogen-bond acceptors (Lipinski definition) is 5. The van der Waals surface area contributed by atoms with Crippen LogP contribution in [0.5, 0.6) is 0 Å². The van der Waals surface area contributed by atoms with Gasteiger partial charge in [0.2, 0.25) is 5.91 Å². The van der Waals surface area contributed by atoms with Crippen LogP contribution in [0.3, 0.4) is 0 Å². The van der Waals surface area contributed by atoms with E-state index in [1.807, 2.05) is 0 Å². The molecule has 3 atom stereocenters. The van der Waals surface area contributed by atoms with Crippen LogP contribution in [0, 0.1) is 11.8 Å². The first kappa shape index (κ1) is 21.7. The van der Waals surface area contributed by atoms with Crippen molar-refractivity contribution in [1.29, 1.82) is 0 Å². The van der Waals surface area contributed by atoms with E-state index in [0.29, 0.717) is 16.9 Å². The van der Waals surface area contributed by atoms with E-state index < -0.39 is 17.7 Å². The van der Waals surface area contributed by atoms with Crippen LogP contribution in [0.4, 0.5) is 0 Å². The minimum atomic E-state index is -0.506. The van der Waals surface area contributed by atoms with E-state index >= 15 is 0 Å². The number of hydrazine groups is 1. The van der Waals surface area contributed by atoms with Gasteiger partial charge in [0.1, 0.15) is 0 Å². The first-order valence-electron chi connectivity index (χ1n) is 9.30. The third-order valence-corrected chi connectivity index (χ3v) is 5.16. The van der Waals surface area contributed by atoms with E-state index in [-0.39, 0.29) is 24.9 Å². The first-order chi connectivity index (χ1) is 13.4. The molecule has 0 radical (unpaired) electrons. The van der Waals surface area contributed by atoms with Crippen LogP contribution >= 0.6 is 12.2 Å². The van der Waals surface area contributed by atoms with Gasteiger partial charge in [-0.2, -0.15) is 0 Å². The molecule has 0 unspecified atom stereocenters. The molecule has 0 spiro atoms. The summed E-state index contributed by atoms with van der Waals surface area (Å²) in [6, 6.07) is 3.33. The molecule has 0 saturated heterocycles. The van der Waals surface area contributed by atoms with Crippen molar-refractivity contribution >= 4 is 35.1 Å². The van der Waals surface area contributed by atoms with Gasteiger partial charge in [-0.1, -0.05) is 26.7 Å². The Kier molecular flexibility index (Phi) is 8.24. The fraction of sp³-hybridized carbons (Fsp3) is 0.556. The van der Waals surface area contributed by atoms with Gasteiger partial charge in [0.05, 0.1) is 19.4 Å². The third kappa shape index (κ3) is 6.84. The summed E-state index contributed by atoms with van der Waals surface area (Å²) in [5, 5.41) is 8.36. The second-order valence-electron chi connectivity index (χ2n) is 6.96. The predicted octanol–water partition coefficient (Wildman–Crippen LogP) is 0.446. The monoisotopic (exact) mass is 409 g/mol. The highest BCUT2D eigenvalue weighted by molar-refractivity contribution is 7.80. The highest BCUT2D eigenvalue weighted by atomic mass is 32.1. The van der Waals surface area contributed by atoms with Crippen molar-refractivity contribution in [2.45, 2.75) is 39.2 Å². The van der Waals surface area contributed by atoms with Crippen LogP contribution in [0.25, 0.3) is 0 Å². The second kappa shape index (κ2) is 10.6. The molecule has 1 aromatic rings. The number of carbonyl (C=O) groups is 3. The Hall–Kier alpha value is -2.62. The maximum Gasteiger partial charge on any atom is 0.287 e. The molecule has 5 N–H and O–H groups in total. The predicted molar refractivity (Wildman–Crippen MR) is 107 cm³/mol. The zero-order chi connectivity index (χ0) is 20.5. The van der Waals surface area contributed by atoms with E-state index in [2.05, 4.69) is 40.6 Å². The summed E-state index contributed by atoms with van der Waals surface area (Å²) in [7, 11) is 0. The molecule has 0 aliphatic heterocycles. The average Bonchev–Trinajstić information content (AvgIpc) is 3.21. The summed E-state index contributed by atoms with van der Waals surface area (Å²) in [5.41, 5.74) is 5.08. The lowest BCUT2D eigenvalue weighted by atomic mass is 9.78. The molecule has 1 aromatic heterocycles. The third-order valence-electron chi connectivity index (χ3n) is 4.94. The summed E-state index contributed by atoms with van der Waals surface area (Å²) >= 11 is 5.21. The molecule has 3 amide bonds. The van der Waals surface area contributed by atoms with Crippen molar-refractivity contribution in [2.24, 2.45) is 11.8 Å². The van der Waals surface area contributed by atoms with E-state index in [9.17, 15) is 14.4 Å². The van der Waals surface area contributed by atoms with Gasteiger partial charge in [0.25, 0.3) is 11.8 Å². The Bertz CT molecular complexity index is 694. The van der Waals surface area contributed by atoms with Crippen molar-refractivity contribution in [3.05, 3.63) is 24.2 Å². The van der Waals surface area contributed by atoms with Crippen molar-refractivity contribution in [2.75, 3.05) is 13.1 Å². The number of nitrogens with one attached hydrogen (secondary N) is 5. The van der Waals surface area contributed by atoms with Gasteiger partial charge in [-0.3, -0.25) is 25.2 Å². The van der Waals surface area contributed by atoms with Gasteiger partial charge in [-0.15, -0.1) is 0 Å². The number of furan rings is 1. The Labute approximate surface area is 169 Å². The normalized spacial score (nSPS) is 21.3. The van der Waals surface area contributed by atoms with Crippen molar-refractivity contribution in [1.82, 2.24) is 26.8 Å². The van der Waals surface area contributed by atoms with Crippen LogP contribution < -0.4 is 26.8 Å². The fourth-order valence-electron chi connectivity index (χ4n) is 3.06. The lowest BCUT2D eigenvalue weighted by Gasteiger charge is -2.35. The Morgan fingerprint density at radius 2 is 1.86 bits per heavy atom. The molecule has 1 fully saturated rings. The fourth-order valence-corrected chi connectivity index (χ4v) is 3.26. The summed E-state index contributed by atoms with van der Waals surface area (Å²) in [6.45, 7) is 3.92. The van der Waals surface area contributed by atoms with Gasteiger partial charge in [0, 0.05) is 6.04 Å². The van der Waals surface area contributed by atoms with E-state index in [4.69, 9.17) is 16.6 Å². The number of hydrogen-bond donors (Lipinski definition) is 5. The van der Waals surface area contributed by atoms with Gasteiger partial charge in [0.15, 0.2) is 10.9 Å².